The van der Waals surface area contributed by atoms with Crippen LogP contribution in [0.2, 0.25) is 0 Å². The van der Waals surface area contributed by atoms with Gasteiger partial charge in [-0.2, -0.15) is 0 Å². The summed E-state index contributed by atoms with van der Waals surface area (Å²) in [5.74, 6) is 0.402. The van der Waals surface area contributed by atoms with Gasteiger partial charge in [0.15, 0.2) is 0 Å². The first kappa shape index (κ1) is 13.6. The first-order chi connectivity index (χ1) is 8.58. The van der Waals surface area contributed by atoms with Crippen LogP contribution in [0.5, 0.6) is 0 Å². The Balaban J connectivity index is 1.95. The van der Waals surface area contributed by atoms with Gasteiger partial charge >= 0.3 is 0 Å². The average Bonchev–Trinajstić information content (AvgIpc) is 2.72. The van der Waals surface area contributed by atoms with Crippen molar-refractivity contribution in [3.05, 3.63) is 33.8 Å². The highest BCUT2D eigenvalue weighted by atomic mass is 79.9. The lowest BCUT2D eigenvalue weighted by Gasteiger charge is -2.15. The maximum atomic E-state index is 12.1. The van der Waals surface area contributed by atoms with Gasteiger partial charge in [-0.25, -0.2) is 0 Å². The molecule has 0 bridgehead atoms. The van der Waals surface area contributed by atoms with E-state index in [4.69, 9.17) is 4.74 Å². The van der Waals surface area contributed by atoms with Crippen molar-refractivity contribution in [2.75, 3.05) is 13.2 Å². The van der Waals surface area contributed by atoms with E-state index >= 15 is 0 Å². The van der Waals surface area contributed by atoms with E-state index in [-0.39, 0.29) is 12.0 Å². The van der Waals surface area contributed by atoms with Crippen LogP contribution < -0.4 is 5.32 Å². The standard InChI is InChI=1S/C14H18BrNO2/c1-9-3-4-12(13(15)7-9)14(17)16-8-11-5-6-18-10(11)2/h3-4,7,10-11H,5-6,8H2,1-2H3,(H,16,17). The van der Waals surface area contributed by atoms with Crippen molar-refractivity contribution < 1.29 is 9.53 Å². The Bertz CT molecular complexity index is 447. The fraction of sp³-hybridized carbons (Fsp3) is 0.500. The number of hydrogen-bond acceptors (Lipinski definition) is 2. The first-order valence-corrected chi connectivity index (χ1v) is 7.03. The van der Waals surface area contributed by atoms with E-state index in [9.17, 15) is 4.79 Å². The molecule has 1 saturated heterocycles. The fourth-order valence-corrected chi connectivity index (χ4v) is 2.84. The molecule has 4 heteroatoms. The minimum Gasteiger partial charge on any atom is -0.378 e. The molecule has 1 aliphatic heterocycles. The summed E-state index contributed by atoms with van der Waals surface area (Å²) in [6, 6.07) is 5.75. The molecule has 2 atom stereocenters. The summed E-state index contributed by atoms with van der Waals surface area (Å²) in [4.78, 5) is 12.1. The van der Waals surface area contributed by atoms with Crippen LogP contribution in [-0.4, -0.2) is 25.2 Å². The van der Waals surface area contributed by atoms with Gasteiger partial charge in [0.1, 0.15) is 0 Å². The third-order valence-corrected chi connectivity index (χ3v) is 4.08. The Kier molecular flexibility index (Phi) is 4.40. The number of ether oxygens (including phenoxy) is 1. The number of carbonyl (C=O) groups is 1. The van der Waals surface area contributed by atoms with E-state index in [2.05, 4.69) is 28.2 Å². The van der Waals surface area contributed by atoms with Crippen molar-refractivity contribution >= 4 is 21.8 Å². The van der Waals surface area contributed by atoms with Gasteiger partial charge in [0.25, 0.3) is 5.91 Å². The lowest BCUT2D eigenvalue weighted by atomic mass is 10.0. The molecule has 1 N–H and O–H groups in total. The molecule has 1 fully saturated rings. The SMILES string of the molecule is Cc1ccc(C(=O)NCC2CCOC2C)c(Br)c1. The maximum absolute atomic E-state index is 12.1. The molecule has 1 amide bonds. The molecular weight excluding hydrogens is 294 g/mol. The van der Waals surface area contributed by atoms with Gasteiger partial charge in [0.05, 0.1) is 11.7 Å². The maximum Gasteiger partial charge on any atom is 0.252 e. The number of rotatable bonds is 3. The van der Waals surface area contributed by atoms with E-state index < -0.39 is 0 Å². The Morgan fingerprint density at radius 3 is 2.94 bits per heavy atom. The summed E-state index contributed by atoms with van der Waals surface area (Å²) in [5.41, 5.74) is 1.82. The van der Waals surface area contributed by atoms with Gasteiger partial charge in [-0.15, -0.1) is 0 Å². The molecule has 0 aromatic heterocycles. The predicted octanol–water partition coefficient (Wildman–Crippen LogP) is 2.91. The lowest BCUT2D eigenvalue weighted by Crippen LogP contribution is -2.32. The number of hydrogen-bond donors (Lipinski definition) is 1. The van der Waals surface area contributed by atoms with Crippen LogP contribution in [0.25, 0.3) is 0 Å². The van der Waals surface area contributed by atoms with Gasteiger partial charge in [-0.1, -0.05) is 6.07 Å². The third kappa shape index (κ3) is 3.12. The highest BCUT2D eigenvalue weighted by Crippen LogP contribution is 2.21. The summed E-state index contributed by atoms with van der Waals surface area (Å²) < 4.78 is 6.33. The number of amides is 1. The van der Waals surface area contributed by atoms with E-state index in [1.54, 1.807) is 0 Å². The topological polar surface area (TPSA) is 38.3 Å². The minimum absolute atomic E-state index is 0.0269. The normalized spacial score (nSPS) is 23.1. The van der Waals surface area contributed by atoms with Gasteiger partial charge < -0.3 is 10.1 Å². The van der Waals surface area contributed by atoms with Gasteiger partial charge in [-0.3, -0.25) is 4.79 Å². The van der Waals surface area contributed by atoms with E-state index in [0.29, 0.717) is 18.0 Å². The van der Waals surface area contributed by atoms with Crippen LogP contribution in [0.1, 0.15) is 29.3 Å². The molecule has 1 aromatic carbocycles. The van der Waals surface area contributed by atoms with Crippen molar-refractivity contribution in [2.45, 2.75) is 26.4 Å². The average molecular weight is 312 g/mol. The van der Waals surface area contributed by atoms with Gasteiger partial charge in [-0.05, 0) is 53.9 Å². The zero-order valence-electron chi connectivity index (χ0n) is 10.7. The van der Waals surface area contributed by atoms with Gasteiger partial charge in [0.2, 0.25) is 0 Å². The highest BCUT2D eigenvalue weighted by Gasteiger charge is 2.24. The second-order valence-corrected chi connectivity index (χ2v) is 5.67. The highest BCUT2D eigenvalue weighted by molar-refractivity contribution is 9.10. The van der Waals surface area contributed by atoms with Crippen LogP contribution in [-0.2, 0) is 4.74 Å². The summed E-state index contributed by atoms with van der Waals surface area (Å²) in [6.07, 6.45) is 1.27. The zero-order chi connectivity index (χ0) is 13.1. The molecule has 0 spiro atoms. The number of carbonyl (C=O) groups excluding carboxylic acids is 1. The van der Waals surface area contributed by atoms with Crippen LogP contribution in [0.4, 0.5) is 0 Å². The molecule has 3 nitrogen and oxygen atoms in total. The molecule has 0 aliphatic carbocycles. The molecule has 1 aromatic rings. The second-order valence-electron chi connectivity index (χ2n) is 4.82. The van der Waals surface area contributed by atoms with Crippen molar-refractivity contribution in [1.29, 1.82) is 0 Å². The summed E-state index contributed by atoms with van der Waals surface area (Å²) >= 11 is 3.43. The molecular formula is C14H18BrNO2. The van der Waals surface area contributed by atoms with Gasteiger partial charge in [0, 0.05) is 23.5 Å². The minimum atomic E-state index is -0.0269. The van der Waals surface area contributed by atoms with Crippen molar-refractivity contribution in [3.8, 4) is 0 Å². The Morgan fingerprint density at radius 1 is 1.56 bits per heavy atom. The summed E-state index contributed by atoms with van der Waals surface area (Å²) in [6.45, 7) is 5.55. The zero-order valence-corrected chi connectivity index (χ0v) is 12.3. The lowest BCUT2D eigenvalue weighted by molar-refractivity contribution is 0.0907. The van der Waals surface area contributed by atoms with Crippen LogP contribution in [0.15, 0.2) is 22.7 Å². The van der Waals surface area contributed by atoms with Crippen LogP contribution >= 0.6 is 15.9 Å². The largest absolute Gasteiger partial charge is 0.378 e. The van der Waals surface area contributed by atoms with E-state index in [0.717, 1.165) is 23.1 Å². The Hall–Kier alpha value is -0.870. The Labute approximate surface area is 116 Å². The molecule has 1 heterocycles. The number of nitrogens with one attached hydrogen (secondary N) is 1. The summed E-state index contributed by atoms with van der Waals surface area (Å²) in [5, 5.41) is 2.98. The molecule has 1 aliphatic rings. The second kappa shape index (κ2) is 5.85. The number of halogens is 1. The van der Waals surface area contributed by atoms with Crippen LogP contribution in [0, 0.1) is 12.8 Å². The van der Waals surface area contributed by atoms with Crippen molar-refractivity contribution in [3.63, 3.8) is 0 Å². The molecule has 18 heavy (non-hydrogen) atoms. The monoisotopic (exact) mass is 311 g/mol. The van der Waals surface area contributed by atoms with Crippen molar-refractivity contribution in [2.24, 2.45) is 5.92 Å². The van der Waals surface area contributed by atoms with Crippen LogP contribution in [0.3, 0.4) is 0 Å². The number of benzene rings is 1. The molecule has 0 radical (unpaired) electrons. The first-order valence-electron chi connectivity index (χ1n) is 6.24. The molecule has 2 unspecified atom stereocenters. The van der Waals surface area contributed by atoms with E-state index in [1.807, 2.05) is 25.1 Å². The third-order valence-electron chi connectivity index (χ3n) is 3.43. The molecule has 0 saturated carbocycles. The van der Waals surface area contributed by atoms with Crippen molar-refractivity contribution in [1.82, 2.24) is 5.32 Å². The summed E-state index contributed by atoms with van der Waals surface area (Å²) in [7, 11) is 0. The molecule has 98 valence electrons. The number of aryl methyl sites for hydroxylation is 1. The fourth-order valence-electron chi connectivity index (χ4n) is 2.17. The quantitative estimate of drug-likeness (QED) is 0.932. The Morgan fingerprint density at radius 2 is 2.33 bits per heavy atom. The predicted molar refractivity (Wildman–Crippen MR) is 74.7 cm³/mol. The van der Waals surface area contributed by atoms with E-state index in [1.165, 1.54) is 0 Å². The smallest absolute Gasteiger partial charge is 0.252 e. The molecule has 2 rings (SSSR count).